The Labute approximate surface area is 128 Å². The van der Waals surface area contributed by atoms with E-state index in [1.807, 2.05) is 19.9 Å². The lowest BCUT2D eigenvalue weighted by Gasteiger charge is -2.04. The molecule has 2 N–H and O–H groups in total. The Balaban J connectivity index is 1.68. The van der Waals surface area contributed by atoms with Gasteiger partial charge in [0, 0.05) is 36.3 Å². The molecule has 0 saturated heterocycles. The molecule has 0 bridgehead atoms. The Morgan fingerprint density at radius 3 is 3.00 bits per heavy atom. The molecule has 1 aromatic carbocycles. The van der Waals surface area contributed by atoms with Crippen molar-refractivity contribution >= 4 is 17.0 Å². The van der Waals surface area contributed by atoms with E-state index in [4.69, 9.17) is 4.42 Å². The van der Waals surface area contributed by atoms with E-state index in [9.17, 15) is 4.79 Å². The van der Waals surface area contributed by atoms with Gasteiger partial charge in [-0.25, -0.2) is 9.97 Å². The van der Waals surface area contributed by atoms with E-state index in [1.54, 1.807) is 24.7 Å². The molecule has 22 heavy (non-hydrogen) atoms. The molecule has 6 nitrogen and oxygen atoms in total. The summed E-state index contributed by atoms with van der Waals surface area (Å²) in [5, 5.41) is 2.88. The first-order valence-corrected chi connectivity index (χ1v) is 7.29. The minimum atomic E-state index is -0.121. The number of carbonyl (C=O) groups excluding carboxylic acids is 1. The third-order valence-corrected chi connectivity index (χ3v) is 3.40. The number of aromatic amines is 1. The van der Waals surface area contributed by atoms with Gasteiger partial charge in [0.1, 0.15) is 5.52 Å². The predicted octanol–water partition coefficient (Wildman–Crippen LogP) is 2.65. The van der Waals surface area contributed by atoms with Gasteiger partial charge in [0.2, 0.25) is 0 Å². The van der Waals surface area contributed by atoms with Crippen LogP contribution in [0.1, 0.15) is 41.7 Å². The van der Waals surface area contributed by atoms with Crippen LogP contribution < -0.4 is 5.32 Å². The van der Waals surface area contributed by atoms with Crippen LogP contribution in [0.25, 0.3) is 11.1 Å². The van der Waals surface area contributed by atoms with Gasteiger partial charge in [-0.15, -0.1) is 0 Å². The maximum atomic E-state index is 12.2. The van der Waals surface area contributed by atoms with Crippen LogP contribution in [0.3, 0.4) is 0 Å². The van der Waals surface area contributed by atoms with Gasteiger partial charge in [0.25, 0.3) is 5.91 Å². The summed E-state index contributed by atoms with van der Waals surface area (Å²) in [7, 11) is 0. The summed E-state index contributed by atoms with van der Waals surface area (Å²) in [5.74, 6) is 0.787. The molecule has 0 aliphatic rings. The number of hydrogen-bond acceptors (Lipinski definition) is 4. The Kier molecular flexibility index (Phi) is 3.91. The number of amides is 1. The number of imidazole rings is 1. The van der Waals surface area contributed by atoms with Gasteiger partial charge in [-0.2, -0.15) is 0 Å². The van der Waals surface area contributed by atoms with E-state index in [1.165, 1.54) is 0 Å². The van der Waals surface area contributed by atoms with Gasteiger partial charge >= 0.3 is 0 Å². The van der Waals surface area contributed by atoms with Crippen LogP contribution in [0.4, 0.5) is 0 Å². The molecule has 2 aromatic heterocycles. The van der Waals surface area contributed by atoms with E-state index < -0.39 is 0 Å². The molecule has 1 amide bonds. The first-order valence-electron chi connectivity index (χ1n) is 7.29. The fraction of sp³-hybridized carbons (Fsp3) is 0.312. The summed E-state index contributed by atoms with van der Waals surface area (Å²) in [6, 6.07) is 5.31. The molecular weight excluding hydrogens is 280 g/mol. The van der Waals surface area contributed by atoms with Gasteiger partial charge < -0.3 is 14.7 Å². The number of nitrogens with zero attached hydrogens (tertiary/aromatic N) is 2. The Morgan fingerprint density at radius 1 is 1.41 bits per heavy atom. The van der Waals surface area contributed by atoms with Crippen LogP contribution in [0.5, 0.6) is 0 Å². The number of rotatable bonds is 5. The summed E-state index contributed by atoms with van der Waals surface area (Å²) in [4.78, 5) is 23.5. The van der Waals surface area contributed by atoms with Crippen molar-refractivity contribution in [3.05, 3.63) is 47.9 Å². The van der Waals surface area contributed by atoms with Crippen LogP contribution in [0.15, 0.2) is 35.1 Å². The first kappa shape index (κ1) is 14.3. The van der Waals surface area contributed by atoms with Gasteiger partial charge in [-0.05, 0) is 18.2 Å². The highest BCUT2D eigenvalue weighted by atomic mass is 16.3. The number of hydrogen-bond donors (Lipinski definition) is 2. The topological polar surface area (TPSA) is 83.8 Å². The lowest BCUT2D eigenvalue weighted by atomic mass is 10.2. The van der Waals surface area contributed by atoms with Crippen LogP contribution in [-0.2, 0) is 6.42 Å². The van der Waals surface area contributed by atoms with Gasteiger partial charge in [0.15, 0.2) is 11.5 Å². The smallest absolute Gasteiger partial charge is 0.251 e. The van der Waals surface area contributed by atoms with Crippen LogP contribution in [0.2, 0.25) is 0 Å². The second-order valence-corrected chi connectivity index (χ2v) is 5.47. The summed E-state index contributed by atoms with van der Waals surface area (Å²) in [6.45, 7) is 4.59. The average Bonchev–Trinajstić information content (AvgIpc) is 3.15. The quantitative estimate of drug-likeness (QED) is 0.758. The molecule has 0 fully saturated rings. The average molecular weight is 298 g/mol. The lowest BCUT2D eigenvalue weighted by molar-refractivity contribution is 0.0954. The normalized spacial score (nSPS) is 11.2. The zero-order valence-electron chi connectivity index (χ0n) is 12.6. The fourth-order valence-electron chi connectivity index (χ4n) is 2.16. The van der Waals surface area contributed by atoms with E-state index in [2.05, 4.69) is 20.3 Å². The van der Waals surface area contributed by atoms with Crippen LogP contribution in [0, 0.1) is 0 Å². The van der Waals surface area contributed by atoms with Gasteiger partial charge in [-0.3, -0.25) is 4.79 Å². The van der Waals surface area contributed by atoms with Crippen molar-refractivity contribution in [2.45, 2.75) is 26.2 Å². The Morgan fingerprint density at radius 2 is 2.27 bits per heavy atom. The highest BCUT2D eigenvalue weighted by molar-refractivity contribution is 5.97. The van der Waals surface area contributed by atoms with E-state index in [0.29, 0.717) is 30.0 Å². The van der Waals surface area contributed by atoms with Crippen molar-refractivity contribution in [1.29, 1.82) is 0 Å². The number of carbonyl (C=O) groups is 1. The standard InChI is InChI=1S/C16H18N4O2/c1-10(2)16-20-13-4-3-11(7-14(13)22-16)15(21)18-6-5-12-8-17-9-19-12/h3-4,7-10H,5-6H2,1-2H3,(H,17,19)(H,18,21). The number of nitrogens with one attached hydrogen (secondary N) is 2. The number of benzene rings is 1. The van der Waals surface area contributed by atoms with Crippen molar-refractivity contribution < 1.29 is 9.21 Å². The SMILES string of the molecule is CC(C)c1nc2ccc(C(=O)NCCc3cnc[nH]3)cc2o1. The maximum absolute atomic E-state index is 12.2. The molecular formula is C16H18N4O2. The monoisotopic (exact) mass is 298 g/mol. The minimum Gasteiger partial charge on any atom is -0.440 e. The van der Waals surface area contributed by atoms with Crippen molar-refractivity contribution in [2.75, 3.05) is 6.54 Å². The first-order chi connectivity index (χ1) is 10.6. The van der Waals surface area contributed by atoms with Crippen molar-refractivity contribution in [2.24, 2.45) is 0 Å². The Bertz CT molecular complexity index is 775. The maximum Gasteiger partial charge on any atom is 0.251 e. The van der Waals surface area contributed by atoms with E-state index >= 15 is 0 Å². The third-order valence-electron chi connectivity index (χ3n) is 3.40. The number of H-pyrrole nitrogens is 1. The minimum absolute atomic E-state index is 0.121. The van der Waals surface area contributed by atoms with Crippen molar-refractivity contribution in [3.8, 4) is 0 Å². The highest BCUT2D eigenvalue weighted by Gasteiger charge is 2.12. The van der Waals surface area contributed by atoms with Crippen LogP contribution in [-0.4, -0.2) is 27.4 Å². The van der Waals surface area contributed by atoms with E-state index in [-0.39, 0.29) is 11.8 Å². The van der Waals surface area contributed by atoms with E-state index in [0.717, 1.165) is 11.2 Å². The molecule has 0 saturated carbocycles. The molecule has 0 unspecified atom stereocenters. The molecule has 0 aliphatic carbocycles. The number of oxazole rings is 1. The lowest BCUT2D eigenvalue weighted by Crippen LogP contribution is -2.25. The molecule has 114 valence electrons. The Hall–Kier alpha value is -2.63. The second kappa shape index (κ2) is 6.01. The van der Waals surface area contributed by atoms with Gasteiger partial charge in [-0.1, -0.05) is 13.8 Å². The van der Waals surface area contributed by atoms with Crippen molar-refractivity contribution in [1.82, 2.24) is 20.3 Å². The molecule has 0 aliphatic heterocycles. The molecule has 0 spiro atoms. The molecule has 2 heterocycles. The molecule has 6 heteroatoms. The van der Waals surface area contributed by atoms with Crippen molar-refractivity contribution in [3.63, 3.8) is 0 Å². The second-order valence-electron chi connectivity index (χ2n) is 5.47. The zero-order chi connectivity index (χ0) is 15.5. The number of aromatic nitrogens is 3. The molecule has 0 radical (unpaired) electrons. The summed E-state index contributed by atoms with van der Waals surface area (Å²) in [6.07, 6.45) is 4.09. The third kappa shape index (κ3) is 3.00. The van der Waals surface area contributed by atoms with Gasteiger partial charge in [0.05, 0.1) is 6.33 Å². The van der Waals surface area contributed by atoms with Crippen LogP contribution >= 0.6 is 0 Å². The number of fused-ring (bicyclic) bond motifs is 1. The predicted molar refractivity (Wildman–Crippen MR) is 82.7 cm³/mol. The highest BCUT2D eigenvalue weighted by Crippen LogP contribution is 2.22. The fourth-order valence-corrected chi connectivity index (χ4v) is 2.16. The summed E-state index contributed by atoms with van der Waals surface area (Å²) < 4.78 is 5.68. The molecule has 3 aromatic rings. The summed E-state index contributed by atoms with van der Waals surface area (Å²) in [5.41, 5.74) is 2.98. The molecule has 0 atom stereocenters. The summed E-state index contributed by atoms with van der Waals surface area (Å²) >= 11 is 0. The molecule has 3 rings (SSSR count). The largest absolute Gasteiger partial charge is 0.440 e. The zero-order valence-corrected chi connectivity index (χ0v) is 12.6.